The molecule has 0 aliphatic carbocycles. The Kier molecular flexibility index (Phi) is 6.46. The minimum Gasteiger partial charge on any atom is -0.494 e. The molecule has 1 fully saturated rings. The number of carbonyl (C=O) groups is 1. The summed E-state index contributed by atoms with van der Waals surface area (Å²) in [4.78, 5) is 16.6. The lowest BCUT2D eigenvalue weighted by molar-refractivity contribution is -0.128. The van der Waals surface area contributed by atoms with Gasteiger partial charge in [-0.1, -0.05) is 12.1 Å². The van der Waals surface area contributed by atoms with Crippen molar-refractivity contribution in [1.82, 2.24) is 9.80 Å². The number of rotatable bonds is 6. The summed E-state index contributed by atoms with van der Waals surface area (Å²) in [7, 11) is -3.38. The lowest BCUT2D eigenvalue weighted by Gasteiger charge is -2.33. The summed E-state index contributed by atoms with van der Waals surface area (Å²) in [6.07, 6.45) is 9.21. The number of amidine groups is 1. The molecule has 3 aliphatic heterocycles. The molecule has 0 spiro atoms. The molecule has 0 bridgehead atoms. The van der Waals surface area contributed by atoms with Crippen LogP contribution in [0.2, 0.25) is 0 Å². The van der Waals surface area contributed by atoms with Crippen LogP contribution in [0.4, 0.5) is 0 Å². The molecule has 7 nitrogen and oxygen atoms in total. The highest BCUT2D eigenvalue weighted by Gasteiger charge is 2.28. The lowest BCUT2D eigenvalue weighted by Crippen LogP contribution is -2.41. The van der Waals surface area contributed by atoms with Gasteiger partial charge in [-0.15, -0.1) is 4.40 Å². The maximum absolute atomic E-state index is 12.9. The Morgan fingerprint density at radius 2 is 1.87 bits per heavy atom. The zero-order valence-electron chi connectivity index (χ0n) is 17.9. The highest BCUT2D eigenvalue weighted by atomic mass is 32.2. The van der Waals surface area contributed by atoms with Gasteiger partial charge in [0.15, 0.2) is 0 Å². The fraction of sp³-hybridized carbons (Fsp3) is 0.478. The molecule has 1 aromatic carbocycles. The van der Waals surface area contributed by atoms with Crippen LogP contribution < -0.4 is 4.74 Å². The molecule has 3 aliphatic rings. The molecule has 31 heavy (non-hydrogen) atoms. The molecule has 0 aromatic heterocycles. The number of nitrogens with zero attached hydrogens (tertiary/aromatic N) is 3. The van der Waals surface area contributed by atoms with E-state index in [1.807, 2.05) is 24.0 Å². The molecule has 4 rings (SSSR count). The monoisotopic (exact) mass is 443 g/mol. The summed E-state index contributed by atoms with van der Waals surface area (Å²) in [5.74, 6) is 1.90. The Balaban J connectivity index is 1.27. The van der Waals surface area contributed by atoms with E-state index >= 15 is 0 Å². The molecule has 0 saturated carbocycles. The lowest BCUT2D eigenvalue weighted by atomic mass is 9.90. The fourth-order valence-electron chi connectivity index (χ4n) is 4.22. The van der Waals surface area contributed by atoms with Gasteiger partial charge in [0, 0.05) is 25.8 Å². The Morgan fingerprint density at radius 3 is 2.58 bits per heavy atom. The van der Waals surface area contributed by atoms with Crippen molar-refractivity contribution in [2.24, 2.45) is 10.3 Å². The molecule has 1 saturated heterocycles. The minimum atomic E-state index is -3.38. The molecule has 1 amide bonds. The second-order valence-corrected chi connectivity index (χ2v) is 9.95. The minimum absolute atomic E-state index is 0.00805. The summed E-state index contributed by atoms with van der Waals surface area (Å²) >= 11 is 0. The first kappa shape index (κ1) is 21.6. The number of carbonyl (C=O) groups excluding carboxylic acids is 1. The van der Waals surface area contributed by atoms with Crippen molar-refractivity contribution < 1.29 is 17.9 Å². The van der Waals surface area contributed by atoms with Gasteiger partial charge in [0.25, 0.3) is 15.9 Å². The van der Waals surface area contributed by atoms with E-state index in [2.05, 4.69) is 16.5 Å². The van der Waals surface area contributed by atoms with Crippen molar-refractivity contribution in [3.05, 3.63) is 53.8 Å². The number of fused-ring (bicyclic) bond motifs is 1. The first-order valence-corrected chi connectivity index (χ1v) is 12.5. The van der Waals surface area contributed by atoms with Crippen LogP contribution in [-0.4, -0.2) is 62.0 Å². The maximum atomic E-state index is 12.9. The molecule has 3 heterocycles. The smallest absolute Gasteiger partial charge is 0.256 e. The Labute approximate surface area is 184 Å². The van der Waals surface area contributed by atoms with E-state index in [9.17, 15) is 13.2 Å². The molecule has 8 heteroatoms. The summed E-state index contributed by atoms with van der Waals surface area (Å²) in [6, 6.07) is 8.32. The highest BCUT2D eigenvalue weighted by Crippen LogP contribution is 2.25. The van der Waals surface area contributed by atoms with E-state index in [0.29, 0.717) is 30.5 Å². The SMILES string of the molecule is CCOc1ccc(CCC2CCN(C(=O)C3=CN4CCS(=O)(=O)N=C4C=C3)CC2)cc1. The second-order valence-electron chi connectivity index (χ2n) is 8.20. The second kappa shape index (κ2) is 9.26. The van der Waals surface area contributed by atoms with Crippen molar-refractivity contribution in [3.63, 3.8) is 0 Å². The Hall–Kier alpha value is -2.61. The van der Waals surface area contributed by atoms with Gasteiger partial charge in [0.2, 0.25) is 0 Å². The van der Waals surface area contributed by atoms with Gasteiger partial charge >= 0.3 is 0 Å². The Morgan fingerprint density at radius 1 is 1.13 bits per heavy atom. The maximum Gasteiger partial charge on any atom is 0.256 e. The molecule has 0 N–H and O–H groups in total. The van der Waals surface area contributed by atoms with E-state index in [-0.39, 0.29) is 11.7 Å². The number of aryl methyl sites for hydroxylation is 1. The van der Waals surface area contributed by atoms with E-state index in [1.165, 1.54) is 5.56 Å². The first-order chi connectivity index (χ1) is 14.9. The molecular formula is C23H29N3O4S. The van der Waals surface area contributed by atoms with Crippen molar-refractivity contribution in [2.75, 3.05) is 32.0 Å². The predicted octanol–water partition coefficient (Wildman–Crippen LogP) is 2.75. The van der Waals surface area contributed by atoms with E-state index < -0.39 is 10.0 Å². The quantitative estimate of drug-likeness (QED) is 0.676. The average Bonchev–Trinajstić information content (AvgIpc) is 2.78. The van der Waals surface area contributed by atoms with Gasteiger partial charge in [-0.3, -0.25) is 4.79 Å². The standard InChI is InChI=1S/C23H29N3O4S/c1-2-30-21-8-5-18(6-9-21)3-4-19-11-13-25(14-12-19)23(27)20-7-10-22-24-31(28,29)16-15-26(22)17-20/h5-10,17,19H,2-4,11-16H2,1H3. The van der Waals surface area contributed by atoms with Crippen molar-refractivity contribution >= 4 is 21.8 Å². The number of hydrogen-bond acceptors (Lipinski definition) is 5. The highest BCUT2D eigenvalue weighted by molar-refractivity contribution is 7.90. The summed E-state index contributed by atoms with van der Waals surface area (Å²) in [5, 5.41) is 0. The van der Waals surface area contributed by atoms with Gasteiger partial charge in [-0.25, -0.2) is 8.42 Å². The van der Waals surface area contributed by atoms with Crippen LogP contribution in [0.1, 0.15) is 31.7 Å². The number of amides is 1. The summed E-state index contributed by atoms with van der Waals surface area (Å²) in [5.41, 5.74) is 1.91. The average molecular weight is 444 g/mol. The third kappa shape index (κ3) is 5.36. The largest absolute Gasteiger partial charge is 0.494 e. The van der Waals surface area contributed by atoms with Crippen LogP contribution in [0.15, 0.2) is 52.6 Å². The van der Waals surface area contributed by atoms with Crippen LogP contribution in [0.25, 0.3) is 0 Å². The normalized spacial score (nSPS) is 20.7. The van der Waals surface area contributed by atoms with Crippen LogP contribution in [0.3, 0.4) is 0 Å². The number of ether oxygens (including phenoxy) is 1. The third-order valence-electron chi connectivity index (χ3n) is 6.05. The predicted molar refractivity (Wildman–Crippen MR) is 120 cm³/mol. The third-order valence-corrected chi connectivity index (χ3v) is 7.21. The zero-order valence-corrected chi connectivity index (χ0v) is 18.7. The van der Waals surface area contributed by atoms with Gasteiger partial charge in [0.1, 0.15) is 11.6 Å². The van der Waals surface area contributed by atoms with Gasteiger partial charge in [0.05, 0.1) is 17.9 Å². The molecule has 0 radical (unpaired) electrons. The van der Waals surface area contributed by atoms with Crippen LogP contribution in [-0.2, 0) is 21.2 Å². The molecule has 0 unspecified atom stereocenters. The van der Waals surface area contributed by atoms with Gasteiger partial charge in [-0.05, 0) is 68.4 Å². The molecule has 166 valence electrons. The van der Waals surface area contributed by atoms with E-state index in [4.69, 9.17) is 4.74 Å². The van der Waals surface area contributed by atoms with Crippen LogP contribution >= 0.6 is 0 Å². The van der Waals surface area contributed by atoms with E-state index in [0.717, 1.165) is 44.5 Å². The molecule has 1 aromatic rings. The number of hydrogen-bond donors (Lipinski definition) is 0. The molecular weight excluding hydrogens is 414 g/mol. The number of piperidine rings is 1. The van der Waals surface area contributed by atoms with Crippen molar-refractivity contribution in [3.8, 4) is 5.75 Å². The van der Waals surface area contributed by atoms with E-state index in [1.54, 1.807) is 23.3 Å². The van der Waals surface area contributed by atoms with Gasteiger partial charge in [-0.2, -0.15) is 0 Å². The Bertz CT molecular complexity index is 1000. The number of likely N-dealkylation sites (tertiary alicyclic amines) is 1. The first-order valence-electron chi connectivity index (χ1n) is 10.9. The number of sulfonamides is 1. The van der Waals surface area contributed by atoms with Crippen molar-refractivity contribution in [2.45, 2.75) is 32.6 Å². The van der Waals surface area contributed by atoms with Gasteiger partial charge < -0.3 is 14.5 Å². The van der Waals surface area contributed by atoms with Crippen LogP contribution in [0, 0.1) is 5.92 Å². The summed E-state index contributed by atoms with van der Waals surface area (Å²) < 4.78 is 32.5. The van der Waals surface area contributed by atoms with Crippen molar-refractivity contribution in [1.29, 1.82) is 0 Å². The van der Waals surface area contributed by atoms with Crippen LogP contribution in [0.5, 0.6) is 5.75 Å². The fourth-order valence-corrected chi connectivity index (χ4v) is 5.19. The topological polar surface area (TPSA) is 79.3 Å². The molecule has 0 atom stereocenters. The zero-order chi connectivity index (χ0) is 21.8. The number of benzene rings is 1. The summed E-state index contributed by atoms with van der Waals surface area (Å²) in [6.45, 7) is 4.51.